The van der Waals surface area contributed by atoms with Crippen LogP contribution in [0.4, 0.5) is 0 Å². The Bertz CT molecular complexity index is 858. The maximum atomic E-state index is 11.9. The molecule has 0 radical (unpaired) electrons. The Kier molecular flexibility index (Phi) is 8.80. The number of carbonyl (C=O) groups excluding carboxylic acids is 1. The summed E-state index contributed by atoms with van der Waals surface area (Å²) in [5.74, 6) is -0.0732. The van der Waals surface area contributed by atoms with Crippen molar-refractivity contribution in [3.63, 3.8) is 0 Å². The molecule has 0 spiro atoms. The van der Waals surface area contributed by atoms with Gasteiger partial charge in [-0.1, -0.05) is 19.9 Å². The predicted molar refractivity (Wildman–Crippen MR) is 122 cm³/mol. The minimum Gasteiger partial charge on any atom is -0.393 e. The molecule has 2 saturated heterocycles. The molecule has 0 bridgehead atoms. The molecule has 10 atom stereocenters. The molecular weight excluding hydrogens is 480 g/mol. The molecule has 2 aliphatic heterocycles. The van der Waals surface area contributed by atoms with E-state index in [4.69, 9.17) is 18.9 Å². The van der Waals surface area contributed by atoms with Gasteiger partial charge in [-0.25, -0.2) is 0 Å². The molecule has 0 aromatic rings. The molecule has 36 heavy (non-hydrogen) atoms. The van der Waals surface area contributed by atoms with Crippen molar-refractivity contribution in [2.45, 2.75) is 94.5 Å². The van der Waals surface area contributed by atoms with Gasteiger partial charge >= 0.3 is 0 Å². The van der Waals surface area contributed by atoms with E-state index in [1.807, 2.05) is 0 Å². The monoisotopic (exact) mass is 518 g/mol. The van der Waals surface area contributed by atoms with E-state index in [2.05, 4.69) is 0 Å². The van der Waals surface area contributed by atoms with Crippen molar-refractivity contribution >= 4 is 5.78 Å². The van der Waals surface area contributed by atoms with E-state index in [1.54, 1.807) is 33.8 Å². The standard InChI is InChI=1S/C24H38O12/c1-12-7-14(26)8-22(3,4)24(12,32)6-5-13(2)35-20-18(29)17(28)16(27)15(36-20)9-33-21-19(30)23(31,10-25)11-34-21/h5-7,13,15-21,25,27-32H,8-11H2,1-4H3/b6-5+/t13-,15-,16-,17+,18-,19+,20+,21-,23-,24-/m1/s1. The maximum absolute atomic E-state index is 11.9. The Morgan fingerprint density at radius 3 is 2.39 bits per heavy atom. The van der Waals surface area contributed by atoms with E-state index in [9.17, 15) is 40.5 Å². The van der Waals surface area contributed by atoms with Crippen LogP contribution in [-0.2, 0) is 23.7 Å². The number of hydrogen-bond acceptors (Lipinski definition) is 12. The first kappa shape index (κ1) is 29.3. The van der Waals surface area contributed by atoms with Crippen molar-refractivity contribution in [2.24, 2.45) is 5.41 Å². The number of carbonyl (C=O) groups is 1. The molecular formula is C24H38O12. The van der Waals surface area contributed by atoms with Crippen molar-refractivity contribution in [2.75, 3.05) is 19.8 Å². The SMILES string of the molecule is CC1=CC(=O)CC(C)(C)[C@@]1(O)/C=C/[C@@H](C)O[C@H]1O[C@H](CO[C@@H]2OC[C@](O)(CO)[C@H]2O)[C@@H](O)[C@H](O)[C@H]1O. The van der Waals surface area contributed by atoms with E-state index in [1.165, 1.54) is 12.2 Å². The zero-order valence-corrected chi connectivity index (χ0v) is 20.9. The molecule has 0 aromatic carbocycles. The van der Waals surface area contributed by atoms with Gasteiger partial charge in [-0.05, 0) is 31.6 Å². The number of aliphatic hydroxyl groups is 7. The van der Waals surface area contributed by atoms with Gasteiger partial charge in [0.1, 0.15) is 41.7 Å². The lowest BCUT2D eigenvalue weighted by Crippen LogP contribution is -2.60. The molecule has 206 valence electrons. The summed E-state index contributed by atoms with van der Waals surface area (Å²) in [7, 11) is 0. The first-order valence-corrected chi connectivity index (χ1v) is 11.9. The molecule has 0 amide bonds. The minimum absolute atomic E-state index is 0.0732. The Hall–Kier alpha value is -1.29. The lowest BCUT2D eigenvalue weighted by molar-refractivity contribution is -0.314. The van der Waals surface area contributed by atoms with Gasteiger partial charge in [-0.3, -0.25) is 4.79 Å². The number of allylic oxidation sites excluding steroid dienone is 1. The van der Waals surface area contributed by atoms with Crippen molar-refractivity contribution in [3.05, 3.63) is 23.8 Å². The molecule has 0 unspecified atom stereocenters. The first-order chi connectivity index (χ1) is 16.6. The van der Waals surface area contributed by atoms with Crippen LogP contribution in [0.2, 0.25) is 0 Å². The van der Waals surface area contributed by atoms with Gasteiger partial charge in [0.15, 0.2) is 18.4 Å². The number of aliphatic hydroxyl groups excluding tert-OH is 5. The van der Waals surface area contributed by atoms with Crippen LogP contribution in [0.3, 0.4) is 0 Å². The maximum Gasteiger partial charge on any atom is 0.187 e. The second-order valence-corrected chi connectivity index (χ2v) is 10.6. The summed E-state index contributed by atoms with van der Waals surface area (Å²) in [5.41, 5.74) is -3.58. The van der Waals surface area contributed by atoms with Gasteiger partial charge < -0.3 is 54.7 Å². The molecule has 2 fully saturated rings. The van der Waals surface area contributed by atoms with Crippen LogP contribution >= 0.6 is 0 Å². The lowest BCUT2D eigenvalue weighted by Gasteiger charge is -2.44. The van der Waals surface area contributed by atoms with E-state index >= 15 is 0 Å². The second kappa shape index (κ2) is 10.8. The van der Waals surface area contributed by atoms with Gasteiger partial charge in [-0.15, -0.1) is 0 Å². The number of ether oxygens (including phenoxy) is 4. The molecule has 0 saturated carbocycles. The van der Waals surface area contributed by atoms with Crippen LogP contribution in [0.25, 0.3) is 0 Å². The molecule has 3 aliphatic rings. The van der Waals surface area contributed by atoms with Crippen molar-refractivity contribution in [3.8, 4) is 0 Å². The van der Waals surface area contributed by atoms with E-state index < -0.39 is 79.0 Å². The van der Waals surface area contributed by atoms with Crippen molar-refractivity contribution in [1.29, 1.82) is 0 Å². The smallest absolute Gasteiger partial charge is 0.187 e. The summed E-state index contributed by atoms with van der Waals surface area (Å²) in [5, 5.41) is 71.6. The highest BCUT2D eigenvalue weighted by molar-refractivity contribution is 5.92. The Morgan fingerprint density at radius 1 is 1.14 bits per heavy atom. The van der Waals surface area contributed by atoms with Gasteiger partial charge in [0.2, 0.25) is 0 Å². The normalized spacial score (nSPS) is 44.1. The molecule has 0 aromatic heterocycles. The van der Waals surface area contributed by atoms with Gasteiger partial charge in [0.05, 0.1) is 25.9 Å². The van der Waals surface area contributed by atoms with Gasteiger partial charge in [0.25, 0.3) is 0 Å². The van der Waals surface area contributed by atoms with E-state index in [-0.39, 0.29) is 18.8 Å². The van der Waals surface area contributed by atoms with Crippen LogP contribution in [0.1, 0.15) is 34.1 Å². The van der Waals surface area contributed by atoms with Crippen LogP contribution in [-0.4, -0.2) is 122 Å². The topological polar surface area (TPSA) is 196 Å². The number of ketones is 1. The molecule has 2 heterocycles. The Labute approximate surface area is 209 Å². The summed E-state index contributed by atoms with van der Waals surface area (Å²) in [6.45, 7) is 5.33. The molecule has 7 N–H and O–H groups in total. The fourth-order valence-corrected chi connectivity index (χ4v) is 4.69. The van der Waals surface area contributed by atoms with Crippen LogP contribution < -0.4 is 0 Å². The quantitative estimate of drug-likeness (QED) is 0.173. The van der Waals surface area contributed by atoms with E-state index in [0.29, 0.717) is 5.57 Å². The fourth-order valence-electron chi connectivity index (χ4n) is 4.69. The largest absolute Gasteiger partial charge is 0.393 e. The molecule has 3 rings (SSSR count). The summed E-state index contributed by atoms with van der Waals surface area (Å²) < 4.78 is 21.9. The zero-order chi connectivity index (χ0) is 27.1. The average molecular weight is 519 g/mol. The highest BCUT2D eigenvalue weighted by Crippen LogP contribution is 2.44. The summed E-state index contributed by atoms with van der Waals surface area (Å²) in [6.07, 6.45) is -6.34. The van der Waals surface area contributed by atoms with Crippen LogP contribution in [0, 0.1) is 5.41 Å². The Balaban J connectivity index is 1.64. The van der Waals surface area contributed by atoms with Gasteiger partial charge in [-0.2, -0.15) is 0 Å². The summed E-state index contributed by atoms with van der Waals surface area (Å²) in [6, 6.07) is 0. The highest BCUT2D eigenvalue weighted by atomic mass is 16.7. The van der Waals surface area contributed by atoms with Crippen molar-refractivity contribution < 1.29 is 59.5 Å². The fraction of sp³-hybridized carbons (Fsp3) is 0.792. The van der Waals surface area contributed by atoms with Crippen LogP contribution in [0.15, 0.2) is 23.8 Å². The van der Waals surface area contributed by atoms with Crippen molar-refractivity contribution in [1.82, 2.24) is 0 Å². The minimum atomic E-state index is -1.89. The summed E-state index contributed by atoms with van der Waals surface area (Å²) in [4.78, 5) is 11.9. The highest BCUT2D eigenvalue weighted by Gasteiger charge is 2.50. The number of rotatable bonds is 8. The average Bonchev–Trinajstić information content (AvgIpc) is 3.09. The van der Waals surface area contributed by atoms with E-state index in [0.717, 1.165) is 0 Å². The predicted octanol–water partition coefficient (Wildman–Crippen LogP) is -2.11. The summed E-state index contributed by atoms with van der Waals surface area (Å²) >= 11 is 0. The Morgan fingerprint density at radius 2 is 1.81 bits per heavy atom. The lowest BCUT2D eigenvalue weighted by atomic mass is 9.64. The third-order valence-electron chi connectivity index (χ3n) is 7.26. The zero-order valence-electron chi connectivity index (χ0n) is 20.9. The molecule has 1 aliphatic carbocycles. The molecule has 12 heteroatoms. The second-order valence-electron chi connectivity index (χ2n) is 10.6. The van der Waals surface area contributed by atoms with Crippen LogP contribution in [0.5, 0.6) is 0 Å². The third-order valence-corrected chi connectivity index (χ3v) is 7.26. The number of hydrogen-bond donors (Lipinski definition) is 7. The molecule has 12 nitrogen and oxygen atoms in total. The van der Waals surface area contributed by atoms with Gasteiger partial charge in [0, 0.05) is 11.8 Å². The third kappa shape index (κ3) is 5.59. The first-order valence-electron chi connectivity index (χ1n) is 11.9.